The second-order valence-corrected chi connectivity index (χ2v) is 19.5. The molecular formula is C46H76N10O4. The number of hydrogen-bond donors (Lipinski definition) is 2. The van der Waals surface area contributed by atoms with Crippen molar-refractivity contribution in [2.75, 3.05) is 51.3 Å². The largest absolute Gasteiger partial charge is 0.467 e. The fraction of sp³-hybridized carbons (Fsp3) is 0.870. The van der Waals surface area contributed by atoms with E-state index < -0.39 is 0 Å². The van der Waals surface area contributed by atoms with Crippen LogP contribution in [0.15, 0.2) is 0 Å². The first kappa shape index (κ1) is 43.4. The molecule has 14 heteroatoms. The Balaban J connectivity index is 1.01. The lowest BCUT2D eigenvalue weighted by Crippen LogP contribution is -2.70. The summed E-state index contributed by atoms with van der Waals surface area (Å²) in [6.45, 7) is 1.75. The minimum atomic E-state index is 0.0490. The van der Waals surface area contributed by atoms with Gasteiger partial charge in [-0.1, -0.05) is 77.0 Å². The van der Waals surface area contributed by atoms with Gasteiger partial charge in [-0.25, -0.2) is 0 Å². The van der Waals surface area contributed by atoms with Crippen LogP contribution in [0, 0.1) is 0 Å². The van der Waals surface area contributed by atoms with E-state index in [1.165, 1.54) is 141 Å². The zero-order valence-electron chi connectivity index (χ0n) is 37.6. The molecule has 6 aliphatic rings. The molecule has 60 heavy (non-hydrogen) atoms. The number of piperidine rings is 2. The molecule has 0 amide bonds. The van der Waals surface area contributed by atoms with E-state index in [0.29, 0.717) is 48.0 Å². The molecule has 8 rings (SSSR count). The lowest BCUT2D eigenvalue weighted by Gasteiger charge is -2.58. The number of aromatic nitrogens is 6. The summed E-state index contributed by atoms with van der Waals surface area (Å²) in [6, 6.07) is 1.82. The Kier molecular flexibility index (Phi) is 14.0. The summed E-state index contributed by atoms with van der Waals surface area (Å²) in [5.74, 6) is 1.36. The van der Waals surface area contributed by atoms with Gasteiger partial charge < -0.3 is 39.4 Å². The second kappa shape index (κ2) is 19.4. The standard InChI is InChI=1S/C46H76N10O4/c1-57-39-47-37(48-40(51-39)58-2)55(35-21-9-15-29-45(35)31-19-27-43(53-45)23-11-7-12-24-43)33-17-5-6-18-34-56(38-49-41(59-3)52-42(50-38)60-4)36-22-10-16-30-46(36)32-20-28-44(54-46)25-13-8-14-26-44/h35-36,53-54H,5-34H2,1-4H3. The Morgan fingerprint density at radius 2 is 0.750 bits per heavy atom. The number of nitrogens with one attached hydrogen (secondary N) is 2. The smallest absolute Gasteiger partial charge is 0.324 e. The van der Waals surface area contributed by atoms with Crippen LogP contribution in [0.4, 0.5) is 11.9 Å². The van der Waals surface area contributed by atoms with Gasteiger partial charge in [0.05, 0.1) is 40.5 Å². The predicted molar refractivity (Wildman–Crippen MR) is 235 cm³/mol. The fourth-order valence-electron chi connectivity index (χ4n) is 13.2. The molecule has 2 saturated heterocycles. The highest BCUT2D eigenvalue weighted by atomic mass is 16.5. The molecule has 0 bridgehead atoms. The fourth-order valence-corrected chi connectivity index (χ4v) is 13.2. The van der Waals surface area contributed by atoms with Gasteiger partial charge in [0, 0.05) is 35.2 Å². The minimum Gasteiger partial charge on any atom is -0.467 e. The highest BCUT2D eigenvalue weighted by Gasteiger charge is 2.53. The number of unbranched alkanes of at least 4 members (excludes halogenated alkanes) is 3. The van der Waals surface area contributed by atoms with Gasteiger partial charge in [0.1, 0.15) is 0 Å². The molecular weight excluding hydrogens is 757 g/mol. The van der Waals surface area contributed by atoms with Gasteiger partial charge in [0.2, 0.25) is 11.9 Å². The third-order valence-electron chi connectivity index (χ3n) is 15.9. The first-order chi connectivity index (χ1) is 29.4. The van der Waals surface area contributed by atoms with Crippen LogP contribution in [0.3, 0.4) is 0 Å². The average molecular weight is 833 g/mol. The summed E-state index contributed by atoms with van der Waals surface area (Å²) in [6.07, 6.45) is 34.8. The van der Waals surface area contributed by atoms with Crippen molar-refractivity contribution >= 4 is 11.9 Å². The molecule has 14 nitrogen and oxygen atoms in total. The van der Waals surface area contributed by atoms with E-state index in [2.05, 4.69) is 30.4 Å². The van der Waals surface area contributed by atoms with Crippen LogP contribution in [0.25, 0.3) is 0 Å². The molecule has 4 unspecified atom stereocenters. The van der Waals surface area contributed by atoms with Gasteiger partial charge in [-0.05, 0) is 103 Å². The van der Waals surface area contributed by atoms with E-state index in [-0.39, 0.29) is 22.2 Å². The van der Waals surface area contributed by atoms with Gasteiger partial charge in [-0.15, -0.1) is 9.97 Å². The molecule has 0 aromatic carbocycles. The van der Waals surface area contributed by atoms with Crippen LogP contribution in [-0.2, 0) is 0 Å². The molecule has 4 spiro atoms. The minimum absolute atomic E-state index is 0.0490. The summed E-state index contributed by atoms with van der Waals surface area (Å²) in [7, 11) is 6.50. The maximum atomic E-state index is 5.61. The van der Waals surface area contributed by atoms with Crippen LogP contribution in [0.2, 0.25) is 0 Å². The van der Waals surface area contributed by atoms with E-state index in [9.17, 15) is 0 Å². The molecule has 4 heterocycles. The van der Waals surface area contributed by atoms with E-state index >= 15 is 0 Å². The van der Waals surface area contributed by atoms with Gasteiger partial charge >= 0.3 is 24.0 Å². The summed E-state index contributed by atoms with van der Waals surface area (Å²) in [4.78, 5) is 33.5. The first-order valence-electron chi connectivity index (χ1n) is 24.2. The summed E-state index contributed by atoms with van der Waals surface area (Å²) in [5.41, 5.74) is 0.637. The Labute approximate surface area is 359 Å². The predicted octanol–water partition coefficient (Wildman–Crippen LogP) is 8.28. The van der Waals surface area contributed by atoms with Gasteiger partial charge in [-0.3, -0.25) is 0 Å². The molecule has 2 aromatic rings. The molecule has 2 aromatic heterocycles. The molecule has 2 aliphatic heterocycles. The molecule has 334 valence electrons. The second-order valence-electron chi connectivity index (χ2n) is 19.5. The van der Waals surface area contributed by atoms with Crippen LogP contribution in [0.1, 0.15) is 180 Å². The van der Waals surface area contributed by atoms with Gasteiger partial charge in [0.25, 0.3) is 0 Å². The quantitative estimate of drug-likeness (QED) is 0.166. The van der Waals surface area contributed by atoms with Crippen LogP contribution < -0.4 is 39.4 Å². The molecule has 4 saturated carbocycles. The van der Waals surface area contributed by atoms with Crippen molar-refractivity contribution < 1.29 is 18.9 Å². The SMILES string of the molecule is COc1nc(OC)nc(N(CCCCCCN(c2nc(OC)nc(OC)n2)C2CCCCC23CCCC2(CCCCC2)N3)C2CCCCC23CCCC2(CCCCC2)N3)n1. The van der Waals surface area contributed by atoms with E-state index in [4.69, 9.17) is 38.9 Å². The van der Waals surface area contributed by atoms with E-state index in [1.54, 1.807) is 28.4 Å². The number of hydrogen-bond acceptors (Lipinski definition) is 14. The Hall–Kier alpha value is -3.26. The van der Waals surface area contributed by atoms with Gasteiger partial charge in [-0.2, -0.15) is 19.9 Å². The number of nitrogens with zero attached hydrogens (tertiary/aromatic N) is 8. The van der Waals surface area contributed by atoms with Crippen molar-refractivity contribution in [3.8, 4) is 24.0 Å². The maximum Gasteiger partial charge on any atom is 0.324 e. The van der Waals surface area contributed by atoms with Crippen molar-refractivity contribution in [2.45, 2.75) is 214 Å². The highest BCUT2D eigenvalue weighted by molar-refractivity contribution is 5.38. The topological polar surface area (TPSA) is 145 Å². The summed E-state index contributed by atoms with van der Waals surface area (Å²) >= 11 is 0. The molecule has 6 fully saturated rings. The zero-order chi connectivity index (χ0) is 41.5. The van der Waals surface area contributed by atoms with Crippen molar-refractivity contribution in [3.05, 3.63) is 0 Å². The maximum absolute atomic E-state index is 5.61. The first-order valence-corrected chi connectivity index (χ1v) is 24.2. The monoisotopic (exact) mass is 833 g/mol. The van der Waals surface area contributed by atoms with E-state index in [0.717, 1.165) is 51.6 Å². The normalized spacial score (nSPS) is 28.7. The number of anilines is 2. The average Bonchev–Trinajstić information content (AvgIpc) is 3.28. The summed E-state index contributed by atoms with van der Waals surface area (Å²) in [5, 5.41) is 8.90. The molecule has 4 atom stereocenters. The van der Waals surface area contributed by atoms with Crippen LogP contribution in [0.5, 0.6) is 24.0 Å². The third-order valence-corrected chi connectivity index (χ3v) is 15.9. The van der Waals surface area contributed by atoms with Crippen molar-refractivity contribution in [1.29, 1.82) is 0 Å². The highest BCUT2D eigenvalue weighted by Crippen LogP contribution is 2.48. The van der Waals surface area contributed by atoms with Crippen molar-refractivity contribution in [2.24, 2.45) is 0 Å². The molecule has 4 aliphatic carbocycles. The third kappa shape index (κ3) is 9.39. The van der Waals surface area contributed by atoms with E-state index in [1.807, 2.05) is 0 Å². The van der Waals surface area contributed by atoms with Crippen LogP contribution >= 0.6 is 0 Å². The Bertz CT molecular complexity index is 1510. The summed E-state index contributed by atoms with van der Waals surface area (Å²) < 4.78 is 22.4. The number of ether oxygens (including phenoxy) is 4. The van der Waals surface area contributed by atoms with Crippen molar-refractivity contribution in [3.63, 3.8) is 0 Å². The zero-order valence-corrected chi connectivity index (χ0v) is 37.6. The van der Waals surface area contributed by atoms with Crippen LogP contribution in [-0.4, -0.2) is 106 Å². The van der Waals surface area contributed by atoms with Gasteiger partial charge in [0.15, 0.2) is 0 Å². The lowest BCUT2D eigenvalue weighted by molar-refractivity contribution is 0.0495. The Morgan fingerprint density at radius 1 is 0.417 bits per heavy atom. The lowest BCUT2D eigenvalue weighted by atomic mass is 9.65. The number of methoxy groups -OCH3 is 4. The number of rotatable bonds is 15. The molecule has 2 N–H and O–H groups in total. The Morgan fingerprint density at radius 3 is 1.12 bits per heavy atom. The molecule has 0 radical (unpaired) electrons. The van der Waals surface area contributed by atoms with Crippen molar-refractivity contribution in [1.82, 2.24) is 40.5 Å².